The number of hydrogen-bond donors (Lipinski definition) is 2. The van der Waals surface area contributed by atoms with Crippen LogP contribution in [0.25, 0.3) is 10.2 Å². The fourth-order valence-electron chi connectivity index (χ4n) is 4.15. The van der Waals surface area contributed by atoms with E-state index in [1.54, 1.807) is 6.07 Å². The largest absolute Gasteiger partial charge is 0.351 e. The normalized spacial score (nSPS) is 14.5. The van der Waals surface area contributed by atoms with E-state index >= 15 is 0 Å². The van der Waals surface area contributed by atoms with Crippen molar-refractivity contribution < 1.29 is 22.0 Å². The standard InChI is InChI=1S/C26H25F2N5O3S2/c27-19-6-10-21(11-7-19)38(35,36)31-20-8-4-18(5-9-20)25(34)29-12-13-32-14-16-33(17-15-32)26-30-24-22(28)2-1-3-23(24)37-26/h1-11,31H,12-17H2,(H,29,34). The smallest absolute Gasteiger partial charge is 0.261 e. The molecular weight excluding hydrogens is 532 g/mol. The Hall–Kier alpha value is -3.61. The first-order chi connectivity index (χ1) is 18.3. The van der Waals surface area contributed by atoms with E-state index in [-0.39, 0.29) is 16.6 Å². The number of sulfonamides is 1. The van der Waals surface area contributed by atoms with E-state index in [4.69, 9.17) is 0 Å². The lowest BCUT2D eigenvalue weighted by Gasteiger charge is -2.34. The average molecular weight is 558 g/mol. The van der Waals surface area contributed by atoms with Gasteiger partial charge in [-0.2, -0.15) is 0 Å². The zero-order valence-corrected chi connectivity index (χ0v) is 21.9. The molecule has 1 aliphatic heterocycles. The number of carbonyl (C=O) groups excluding carboxylic acids is 1. The van der Waals surface area contributed by atoms with Gasteiger partial charge in [-0.05, 0) is 60.7 Å². The number of hydrogen-bond acceptors (Lipinski definition) is 7. The summed E-state index contributed by atoms with van der Waals surface area (Å²) >= 11 is 1.49. The highest BCUT2D eigenvalue weighted by atomic mass is 32.2. The summed E-state index contributed by atoms with van der Waals surface area (Å²) in [6.07, 6.45) is 0. The van der Waals surface area contributed by atoms with Gasteiger partial charge in [0.25, 0.3) is 15.9 Å². The summed E-state index contributed by atoms with van der Waals surface area (Å²) < 4.78 is 55.2. The van der Waals surface area contributed by atoms with Gasteiger partial charge in [0.2, 0.25) is 0 Å². The summed E-state index contributed by atoms with van der Waals surface area (Å²) in [5, 5.41) is 3.71. The number of benzene rings is 3. The average Bonchev–Trinajstić information content (AvgIpc) is 3.35. The maximum Gasteiger partial charge on any atom is 0.261 e. The molecule has 12 heteroatoms. The molecular formula is C26H25F2N5O3S2. The van der Waals surface area contributed by atoms with Gasteiger partial charge in [0.15, 0.2) is 5.13 Å². The molecule has 0 saturated carbocycles. The quantitative estimate of drug-likeness (QED) is 0.341. The van der Waals surface area contributed by atoms with Gasteiger partial charge in [0.05, 0.1) is 9.60 Å². The van der Waals surface area contributed by atoms with E-state index < -0.39 is 15.8 Å². The fraction of sp³-hybridized carbons (Fsp3) is 0.231. The second-order valence-electron chi connectivity index (χ2n) is 8.80. The van der Waals surface area contributed by atoms with Crippen molar-refractivity contribution in [1.82, 2.24) is 15.2 Å². The number of rotatable bonds is 8. The molecule has 5 rings (SSSR count). The molecule has 3 aromatic carbocycles. The molecule has 0 unspecified atom stereocenters. The summed E-state index contributed by atoms with van der Waals surface area (Å²) in [6, 6.07) is 15.6. The summed E-state index contributed by atoms with van der Waals surface area (Å²) in [5.41, 5.74) is 1.11. The molecule has 38 heavy (non-hydrogen) atoms. The number of para-hydroxylation sites is 1. The molecule has 1 aliphatic rings. The van der Waals surface area contributed by atoms with Gasteiger partial charge in [-0.3, -0.25) is 14.4 Å². The van der Waals surface area contributed by atoms with Crippen LogP contribution in [-0.4, -0.2) is 63.5 Å². The van der Waals surface area contributed by atoms with Crippen LogP contribution in [-0.2, 0) is 10.0 Å². The Morgan fingerprint density at radius 1 is 0.947 bits per heavy atom. The van der Waals surface area contributed by atoms with Crippen molar-refractivity contribution >= 4 is 48.3 Å². The summed E-state index contributed by atoms with van der Waals surface area (Å²) in [5.74, 6) is -1.09. The lowest BCUT2D eigenvalue weighted by Crippen LogP contribution is -2.48. The number of fused-ring (bicyclic) bond motifs is 1. The van der Waals surface area contributed by atoms with Crippen molar-refractivity contribution in [2.24, 2.45) is 0 Å². The molecule has 1 aromatic heterocycles. The Morgan fingerprint density at radius 3 is 2.34 bits per heavy atom. The van der Waals surface area contributed by atoms with Gasteiger partial charge >= 0.3 is 0 Å². The molecule has 2 N–H and O–H groups in total. The Balaban J connectivity index is 1.07. The van der Waals surface area contributed by atoms with Crippen molar-refractivity contribution in [1.29, 1.82) is 0 Å². The third-order valence-corrected chi connectivity index (χ3v) is 8.72. The van der Waals surface area contributed by atoms with Gasteiger partial charge in [-0.25, -0.2) is 22.2 Å². The maximum atomic E-state index is 14.0. The van der Waals surface area contributed by atoms with Gasteiger partial charge < -0.3 is 10.2 Å². The number of nitrogens with one attached hydrogen (secondary N) is 2. The number of thiazole rings is 1. The summed E-state index contributed by atoms with van der Waals surface area (Å²) in [6.45, 7) is 4.29. The van der Waals surface area contributed by atoms with Crippen molar-refractivity contribution in [2.45, 2.75) is 4.90 Å². The van der Waals surface area contributed by atoms with Crippen LogP contribution in [0.1, 0.15) is 10.4 Å². The number of piperazine rings is 1. The van der Waals surface area contributed by atoms with Gasteiger partial charge in [-0.15, -0.1) is 0 Å². The molecule has 8 nitrogen and oxygen atoms in total. The topological polar surface area (TPSA) is 94.6 Å². The first-order valence-electron chi connectivity index (χ1n) is 12.0. The lowest BCUT2D eigenvalue weighted by molar-refractivity contribution is 0.0948. The van der Waals surface area contributed by atoms with E-state index in [0.29, 0.717) is 29.9 Å². The van der Waals surface area contributed by atoms with Crippen molar-refractivity contribution in [3.8, 4) is 0 Å². The predicted molar refractivity (Wildman–Crippen MR) is 144 cm³/mol. The van der Waals surface area contributed by atoms with Crippen molar-refractivity contribution in [2.75, 3.05) is 48.9 Å². The van der Waals surface area contributed by atoms with Gasteiger partial charge in [-0.1, -0.05) is 17.4 Å². The van der Waals surface area contributed by atoms with E-state index in [0.717, 1.165) is 48.1 Å². The molecule has 4 aromatic rings. The molecule has 1 fully saturated rings. The monoisotopic (exact) mass is 557 g/mol. The van der Waals surface area contributed by atoms with E-state index in [9.17, 15) is 22.0 Å². The summed E-state index contributed by atoms with van der Waals surface area (Å²) in [4.78, 5) is 21.3. The molecule has 198 valence electrons. The highest BCUT2D eigenvalue weighted by Crippen LogP contribution is 2.30. The lowest BCUT2D eigenvalue weighted by atomic mass is 10.2. The number of amides is 1. The zero-order valence-electron chi connectivity index (χ0n) is 20.2. The first kappa shape index (κ1) is 26.0. The molecule has 1 saturated heterocycles. The molecule has 0 spiro atoms. The van der Waals surface area contributed by atoms with Crippen LogP contribution < -0.4 is 14.9 Å². The number of carbonyl (C=O) groups is 1. The van der Waals surface area contributed by atoms with Crippen molar-refractivity contribution in [3.05, 3.63) is 83.9 Å². The van der Waals surface area contributed by atoms with Crippen molar-refractivity contribution in [3.63, 3.8) is 0 Å². The molecule has 2 heterocycles. The fourth-order valence-corrected chi connectivity index (χ4v) is 6.24. The molecule has 0 bridgehead atoms. The number of anilines is 2. The second kappa shape index (κ2) is 11.0. The Morgan fingerprint density at radius 2 is 1.66 bits per heavy atom. The van der Waals surface area contributed by atoms with Crippen LogP contribution in [0.4, 0.5) is 19.6 Å². The predicted octanol–water partition coefficient (Wildman–Crippen LogP) is 3.93. The Bertz CT molecular complexity index is 1540. The minimum atomic E-state index is -3.87. The second-order valence-corrected chi connectivity index (χ2v) is 11.5. The molecule has 0 aliphatic carbocycles. The summed E-state index contributed by atoms with van der Waals surface area (Å²) in [7, 11) is -3.87. The number of nitrogens with zero attached hydrogens (tertiary/aromatic N) is 3. The van der Waals surface area contributed by atoms with E-state index in [2.05, 4.69) is 24.8 Å². The SMILES string of the molecule is O=C(NCCN1CCN(c2nc3c(F)cccc3s2)CC1)c1ccc(NS(=O)(=O)c2ccc(F)cc2)cc1. The van der Waals surface area contributed by atoms with Crippen LogP contribution in [0.3, 0.4) is 0 Å². The molecule has 1 amide bonds. The molecule has 0 radical (unpaired) electrons. The maximum absolute atomic E-state index is 14.0. The minimum Gasteiger partial charge on any atom is -0.351 e. The number of aromatic nitrogens is 1. The third-order valence-electron chi connectivity index (χ3n) is 6.24. The zero-order chi connectivity index (χ0) is 26.7. The third kappa shape index (κ3) is 5.93. The Labute approximate surface area is 223 Å². The van der Waals surface area contributed by atoms with Crippen LogP contribution in [0, 0.1) is 11.6 Å². The van der Waals surface area contributed by atoms with Gasteiger partial charge in [0.1, 0.15) is 17.2 Å². The van der Waals surface area contributed by atoms with E-state index in [1.807, 2.05) is 6.07 Å². The van der Waals surface area contributed by atoms with E-state index in [1.165, 1.54) is 53.8 Å². The number of halogens is 2. The highest BCUT2D eigenvalue weighted by molar-refractivity contribution is 7.92. The first-order valence-corrected chi connectivity index (χ1v) is 14.3. The highest BCUT2D eigenvalue weighted by Gasteiger charge is 2.21. The minimum absolute atomic E-state index is 0.0597. The van der Waals surface area contributed by atoms with Crippen LogP contribution >= 0.6 is 11.3 Å². The van der Waals surface area contributed by atoms with Crippen LogP contribution in [0.5, 0.6) is 0 Å². The van der Waals surface area contributed by atoms with Gasteiger partial charge in [0, 0.05) is 50.5 Å². The van der Waals surface area contributed by atoms with Crippen LogP contribution in [0.15, 0.2) is 71.6 Å². The Kier molecular flexibility index (Phi) is 7.54. The molecule has 0 atom stereocenters. The van der Waals surface area contributed by atoms with Crippen LogP contribution in [0.2, 0.25) is 0 Å².